The summed E-state index contributed by atoms with van der Waals surface area (Å²) in [6.45, 7) is 5.36. The van der Waals surface area contributed by atoms with Gasteiger partial charge < -0.3 is 5.32 Å². The van der Waals surface area contributed by atoms with Gasteiger partial charge in [-0.15, -0.1) is 0 Å². The van der Waals surface area contributed by atoms with Gasteiger partial charge in [-0.25, -0.2) is 0 Å². The minimum atomic E-state index is 0.760. The van der Waals surface area contributed by atoms with E-state index in [2.05, 4.69) is 43.4 Å². The second-order valence-corrected chi connectivity index (χ2v) is 5.06. The second-order valence-electron chi connectivity index (χ2n) is 5.06. The molecular weight excluding hydrogens is 194 g/mol. The normalized spacial score (nSPS) is 17.2. The van der Waals surface area contributed by atoms with Crippen LogP contribution in [0.3, 0.4) is 0 Å². The van der Waals surface area contributed by atoms with Crippen molar-refractivity contribution in [3.05, 3.63) is 41.3 Å². The van der Waals surface area contributed by atoms with Crippen LogP contribution in [0.25, 0.3) is 0 Å². The quantitative estimate of drug-likeness (QED) is 0.809. The summed E-state index contributed by atoms with van der Waals surface area (Å²) >= 11 is 0. The van der Waals surface area contributed by atoms with Crippen molar-refractivity contribution >= 4 is 0 Å². The zero-order valence-corrected chi connectivity index (χ0v) is 10.4. The van der Waals surface area contributed by atoms with Crippen LogP contribution < -0.4 is 5.32 Å². The number of benzene rings is 1. The molecule has 0 heterocycles. The van der Waals surface area contributed by atoms with Crippen molar-refractivity contribution in [2.24, 2.45) is 0 Å². The highest BCUT2D eigenvalue weighted by molar-refractivity contribution is 5.32. The fourth-order valence-electron chi connectivity index (χ4n) is 2.38. The van der Waals surface area contributed by atoms with E-state index in [4.69, 9.17) is 0 Å². The van der Waals surface area contributed by atoms with Gasteiger partial charge in [0.25, 0.3) is 0 Å². The molecule has 1 radical (unpaired) electrons. The van der Waals surface area contributed by atoms with Gasteiger partial charge in [0.15, 0.2) is 0 Å². The van der Waals surface area contributed by atoms with Crippen molar-refractivity contribution in [3.63, 3.8) is 0 Å². The Morgan fingerprint density at radius 2 is 2.00 bits per heavy atom. The van der Waals surface area contributed by atoms with Gasteiger partial charge >= 0.3 is 0 Å². The van der Waals surface area contributed by atoms with Crippen LogP contribution in [0.4, 0.5) is 0 Å². The van der Waals surface area contributed by atoms with Gasteiger partial charge in [0.1, 0.15) is 0 Å². The van der Waals surface area contributed by atoms with Crippen LogP contribution in [-0.2, 0) is 6.54 Å². The molecule has 87 valence electrons. The van der Waals surface area contributed by atoms with Gasteiger partial charge in [0, 0.05) is 12.6 Å². The van der Waals surface area contributed by atoms with E-state index in [1.54, 1.807) is 0 Å². The predicted octanol–water partition coefficient (Wildman–Crippen LogP) is 3.68. The first-order valence-corrected chi connectivity index (χ1v) is 6.38. The van der Waals surface area contributed by atoms with Crippen LogP contribution in [0, 0.1) is 5.92 Å². The molecule has 0 unspecified atom stereocenters. The zero-order valence-electron chi connectivity index (χ0n) is 10.4. The van der Waals surface area contributed by atoms with Crippen molar-refractivity contribution in [1.82, 2.24) is 5.32 Å². The molecule has 1 N–H and O–H groups in total. The summed E-state index contributed by atoms with van der Waals surface area (Å²) in [4.78, 5) is 0. The molecule has 0 amide bonds. The van der Waals surface area contributed by atoms with Crippen LogP contribution in [0.2, 0.25) is 0 Å². The molecule has 0 spiro atoms. The first kappa shape index (κ1) is 11.7. The van der Waals surface area contributed by atoms with Gasteiger partial charge in [-0.2, -0.15) is 0 Å². The summed E-state index contributed by atoms with van der Waals surface area (Å²) in [6.07, 6.45) is 5.52. The Morgan fingerprint density at radius 1 is 1.25 bits per heavy atom. The second kappa shape index (κ2) is 5.49. The lowest BCUT2D eigenvalue weighted by atomic mass is 10.0. The summed E-state index contributed by atoms with van der Waals surface area (Å²) in [5, 5.41) is 3.65. The lowest BCUT2D eigenvalue weighted by Crippen LogP contribution is -2.25. The first-order valence-electron chi connectivity index (χ1n) is 6.38. The molecule has 0 aliphatic heterocycles. The van der Waals surface area contributed by atoms with Gasteiger partial charge in [0.2, 0.25) is 0 Å². The molecule has 1 aromatic carbocycles. The molecule has 1 aliphatic rings. The number of rotatable bonds is 4. The van der Waals surface area contributed by atoms with E-state index in [9.17, 15) is 0 Å². The fraction of sp³-hybridized carbons (Fsp3) is 0.533. The summed E-state index contributed by atoms with van der Waals surface area (Å²) in [5.41, 5.74) is 2.77. The van der Waals surface area contributed by atoms with E-state index in [1.807, 2.05) is 0 Å². The lowest BCUT2D eigenvalue weighted by molar-refractivity contribution is 0.524. The van der Waals surface area contributed by atoms with Gasteiger partial charge in [-0.3, -0.25) is 0 Å². The molecule has 1 nitrogen and oxygen atoms in total. The van der Waals surface area contributed by atoms with Gasteiger partial charge in [-0.1, -0.05) is 51.0 Å². The minimum absolute atomic E-state index is 0.760. The minimum Gasteiger partial charge on any atom is -0.310 e. The number of hydrogen-bond acceptors (Lipinski definition) is 1. The van der Waals surface area contributed by atoms with Crippen LogP contribution in [0.5, 0.6) is 0 Å². The van der Waals surface area contributed by atoms with E-state index < -0.39 is 0 Å². The lowest BCUT2D eigenvalue weighted by Gasteiger charge is -2.13. The first-order chi connectivity index (χ1) is 7.75. The molecule has 1 fully saturated rings. The van der Waals surface area contributed by atoms with E-state index in [0.717, 1.165) is 12.6 Å². The van der Waals surface area contributed by atoms with E-state index in [0.29, 0.717) is 0 Å². The molecule has 1 saturated carbocycles. The van der Waals surface area contributed by atoms with E-state index in [-0.39, 0.29) is 0 Å². The highest BCUT2D eigenvalue weighted by atomic mass is 14.9. The van der Waals surface area contributed by atoms with Crippen molar-refractivity contribution in [2.75, 3.05) is 0 Å². The third kappa shape index (κ3) is 3.08. The molecule has 16 heavy (non-hydrogen) atoms. The fourth-order valence-corrected chi connectivity index (χ4v) is 2.38. The molecule has 0 atom stereocenters. The van der Waals surface area contributed by atoms with Gasteiger partial charge in [0.05, 0.1) is 0 Å². The van der Waals surface area contributed by atoms with Crippen LogP contribution >= 0.6 is 0 Å². The number of nitrogens with one attached hydrogen (secondary N) is 1. The zero-order chi connectivity index (χ0) is 11.4. The highest BCUT2D eigenvalue weighted by Gasteiger charge is 2.13. The molecule has 1 aromatic rings. The largest absolute Gasteiger partial charge is 0.310 e. The third-order valence-electron chi connectivity index (χ3n) is 3.45. The Hall–Kier alpha value is -0.820. The van der Waals surface area contributed by atoms with Crippen molar-refractivity contribution in [1.29, 1.82) is 0 Å². The highest BCUT2D eigenvalue weighted by Crippen LogP contribution is 2.19. The maximum Gasteiger partial charge on any atom is 0.0208 e. The maximum atomic E-state index is 3.65. The SMILES string of the molecule is C[C](C)c1cccc(CNC2CCCC2)c1. The average molecular weight is 216 g/mol. The van der Waals surface area contributed by atoms with Crippen molar-refractivity contribution in [3.8, 4) is 0 Å². The Labute approximate surface area is 99.3 Å². The third-order valence-corrected chi connectivity index (χ3v) is 3.45. The topological polar surface area (TPSA) is 12.0 Å². The van der Waals surface area contributed by atoms with Crippen LogP contribution in [-0.4, -0.2) is 6.04 Å². The smallest absolute Gasteiger partial charge is 0.0208 e. The van der Waals surface area contributed by atoms with Crippen LogP contribution in [0.15, 0.2) is 24.3 Å². The summed E-state index contributed by atoms with van der Waals surface area (Å²) in [6, 6.07) is 9.63. The molecule has 2 rings (SSSR count). The van der Waals surface area contributed by atoms with E-state index >= 15 is 0 Å². The Balaban J connectivity index is 1.90. The van der Waals surface area contributed by atoms with Gasteiger partial charge in [-0.05, 0) is 29.9 Å². The molecule has 0 aromatic heterocycles. The maximum absolute atomic E-state index is 3.65. The molecule has 0 saturated heterocycles. The van der Waals surface area contributed by atoms with Crippen molar-refractivity contribution in [2.45, 2.75) is 52.1 Å². The Bertz CT molecular complexity index is 324. The molecule has 1 aliphatic carbocycles. The monoisotopic (exact) mass is 216 g/mol. The summed E-state index contributed by atoms with van der Waals surface area (Å²) in [5.74, 6) is 1.39. The Kier molecular flexibility index (Phi) is 4.00. The Morgan fingerprint density at radius 3 is 2.69 bits per heavy atom. The standard InChI is InChI=1S/C15H22N/c1-12(2)14-7-5-6-13(10-14)11-16-15-8-3-4-9-15/h5-7,10,15-16H,3-4,8-9,11H2,1-2H3. The van der Waals surface area contributed by atoms with Crippen LogP contribution in [0.1, 0.15) is 50.7 Å². The molecule has 1 heteroatoms. The summed E-state index contributed by atoms with van der Waals surface area (Å²) in [7, 11) is 0. The molecule has 0 bridgehead atoms. The average Bonchev–Trinajstić information content (AvgIpc) is 2.79. The molecular formula is C15H22N. The number of hydrogen-bond donors (Lipinski definition) is 1. The predicted molar refractivity (Wildman–Crippen MR) is 69.2 cm³/mol. The van der Waals surface area contributed by atoms with Crippen molar-refractivity contribution < 1.29 is 0 Å². The van der Waals surface area contributed by atoms with E-state index in [1.165, 1.54) is 42.7 Å². The summed E-state index contributed by atoms with van der Waals surface area (Å²) < 4.78 is 0.